The van der Waals surface area contributed by atoms with Gasteiger partial charge in [0.2, 0.25) is 0 Å². The maximum atomic E-state index is 11.7. The number of esters is 1. The van der Waals surface area contributed by atoms with E-state index in [-0.39, 0.29) is 18.3 Å². The van der Waals surface area contributed by atoms with Gasteiger partial charge in [-0.1, -0.05) is 30.8 Å². The SMILES string of the molecule is CC1C=CC=NC(SCC(=O)OCCOCCC[SiH](C)O)=CC1. The third kappa shape index (κ3) is 11.3. The predicted octanol–water partition coefficient (Wildman–Crippen LogP) is 2.52. The van der Waals surface area contributed by atoms with Crippen molar-refractivity contribution in [2.45, 2.75) is 32.4 Å². The molecular weight excluding hydrogens is 330 g/mol. The van der Waals surface area contributed by atoms with E-state index >= 15 is 0 Å². The highest BCUT2D eigenvalue weighted by Crippen LogP contribution is 2.20. The van der Waals surface area contributed by atoms with Gasteiger partial charge in [-0.15, -0.1) is 0 Å². The van der Waals surface area contributed by atoms with Crippen molar-refractivity contribution in [3.63, 3.8) is 0 Å². The molecule has 1 N–H and O–H groups in total. The fraction of sp³-hybridized carbons (Fsp3) is 0.625. The van der Waals surface area contributed by atoms with Gasteiger partial charge in [0.25, 0.3) is 0 Å². The summed E-state index contributed by atoms with van der Waals surface area (Å²) >= 11 is 1.40. The Morgan fingerprint density at radius 2 is 2.30 bits per heavy atom. The molecule has 0 fully saturated rings. The Morgan fingerprint density at radius 1 is 1.48 bits per heavy atom. The molecule has 1 rings (SSSR count). The minimum absolute atomic E-state index is 0.253. The van der Waals surface area contributed by atoms with Gasteiger partial charge in [0.1, 0.15) is 6.61 Å². The fourth-order valence-electron chi connectivity index (χ4n) is 1.84. The average molecular weight is 358 g/mol. The number of allylic oxidation sites excluding steroid dienone is 3. The fourth-order valence-corrected chi connectivity index (χ4v) is 3.30. The topological polar surface area (TPSA) is 68.1 Å². The summed E-state index contributed by atoms with van der Waals surface area (Å²) in [6.07, 6.45) is 9.65. The van der Waals surface area contributed by atoms with Crippen LogP contribution in [0.2, 0.25) is 12.6 Å². The largest absolute Gasteiger partial charge is 0.463 e. The summed E-state index contributed by atoms with van der Waals surface area (Å²) in [5.41, 5.74) is 0. The number of carbonyl (C=O) groups excluding carboxylic acids is 1. The van der Waals surface area contributed by atoms with E-state index in [9.17, 15) is 9.59 Å². The molecule has 7 heteroatoms. The summed E-state index contributed by atoms with van der Waals surface area (Å²) in [6, 6.07) is 0.861. The number of hydrogen-bond acceptors (Lipinski definition) is 6. The van der Waals surface area contributed by atoms with E-state index in [1.165, 1.54) is 11.8 Å². The second-order valence-electron chi connectivity index (χ2n) is 5.53. The molecule has 1 heterocycles. The first kappa shape index (κ1) is 20.2. The maximum absolute atomic E-state index is 11.7. The van der Waals surface area contributed by atoms with Gasteiger partial charge in [0.05, 0.1) is 17.4 Å². The monoisotopic (exact) mass is 357 g/mol. The van der Waals surface area contributed by atoms with Gasteiger partial charge in [-0.3, -0.25) is 9.79 Å². The lowest BCUT2D eigenvalue weighted by Crippen LogP contribution is -2.13. The lowest BCUT2D eigenvalue weighted by Gasteiger charge is -2.08. The van der Waals surface area contributed by atoms with Crippen LogP contribution in [0.5, 0.6) is 0 Å². The first-order valence-corrected chi connectivity index (χ1v) is 11.5. The number of carbonyl (C=O) groups is 1. The zero-order valence-corrected chi connectivity index (χ0v) is 15.9. The van der Waals surface area contributed by atoms with E-state index in [1.54, 1.807) is 6.21 Å². The van der Waals surface area contributed by atoms with Crippen LogP contribution in [-0.4, -0.2) is 51.6 Å². The normalized spacial score (nSPS) is 18.9. The van der Waals surface area contributed by atoms with Crippen molar-refractivity contribution < 1.29 is 19.1 Å². The highest BCUT2D eigenvalue weighted by molar-refractivity contribution is 8.03. The van der Waals surface area contributed by atoms with Crippen LogP contribution in [-0.2, 0) is 14.3 Å². The van der Waals surface area contributed by atoms with Crippen molar-refractivity contribution in [2.24, 2.45) is 10.9 Å². The van der Waals surface area contributed by atoms with E-state index < -0.39 is 9.04 Å². The predicted molar refractivity (Wildman–Crippen MR) is 98.4 cm³/mol. The Balaban J connectivity index is 2.08. The second-order valence-corrected chi connectivity index (χ2v) is 8.80. The molecule has 0 aromatic rings. The van der Waals surface area contributed by atoms with Crippen molar-refractivity contribution in [3.8, 4) is 0 Å². The molecule has 2 unspecified atom stereocenters. The molecule has 130 valence electrons. The first-order valence-electron chi connectivity index (χ1n) is 8.03. The van der Waals surface area contributed by atoms with E-state index in [4.69, 9.17) is 9.47 Å². The van der Waals surface area contributed by atoms with Crippen molar-refractivity contribution in [2.75, 3.05) is 25.6 Å². The van der Waals surface area contributed by atoms with E-state index in [2.05, 4.69) is 24.1 Å². The number of aliphatic imine (C=N–C) groups is 1. The Bertz CT molecular complexity index is 438. The van der Waals surface area contributed by atoms with Crippen molar-refractivity contribution in [3.05, 3.63) is 23.3 Å². The summed E-state index contributed by atoms with van der Waals surface area (Å²) < 4.78 is 10.5. The van der Waals surface area contributed by atoms with Crippen LogP contribution in [0.3, 0.4) is 0 Å². The van der Waals surface area contributed by atoms with Crippen LogP contribution in [0, 0.1) is 5.92 Å². The molecule has 0 aromatic carbocycles. The third-order valence-corrected chi connectivity index (χ3v) is 5.32. The van der Waals surface area contributed by atoms with Gasteiger partial charge in [-0.25, -0.2) is 0 Å². The first-order chi connectivity index (χ1) is 11.1. The molecule has 0 radical (unpaired) electrons. The van der Waals surface area contributed by atoms with Crippen LogP contribution in [0.15, 0.2) is 28.2 Å². The van der Waals surface area contributed by atoms with Gasteiger partial charge in [-0.2, -0.15) is 0 Å². The van der Waals surface area contributed by atoms with Crippen molar-refractivity contribution >= 4 is 33.0 Å². The van der Waals surface area contributed by atoms with E-state index in [1.807, 2.05) is 12.6 Å². The Labute approximate surface area is 144 Å². The Kier molecular flexibility index (Phi) is 11.0. The minimum Gasteiger partial charge on any atom is -0.463 e. The molecule has 0 aromatic heterocycles. The maximum Gasteiger partial charge on any atom is 0.316 e. The molecule has 0 bridgehead atoms. The van der Waals surface area contributed by atoms with Gasteiger partial charge < -0.3 is 14.3 Å². The lowest BCUT2D eigenvalue weighted by molar-refractivity contribution is -0.141. The molecule has 0 saturated heterocycles. The molecular formula is C16H27NO4SSi. The summed E-state index contributed by atoms with van der Waals surface area (Å²) in [6.45, 7) is 5.32. The van der Waals surface area contributed by atoms with Crippen molar-refractivity contribution in [1.29, 1.82) is 0 Å². The highest BCUT2D eigenvalue weighted by Gasteiger charge is 2.07. The molecule has 5 nitrogen and oxygen atoms in total. The molecule has 0 spiro atoms. The molecule has 1 aliphatic rings. The number of rotatable bonds is 10. The number of ether oxygens (including phenoxy) is 2. The zero-order valence-electron chi connectivity index (χ0n) is 13.9. The van der Waals surface area contributed by atoms with Crippen LogP contribution >= 0.6 is 11.8 Å². The number of nitrogens with zero attached hydrogens (tertiary/aromatic N) is 1. The summed E-state index contributed by atoms with van der Waals surface area (Å²) in [4.78, 5) is 25.2. The van der Waals surface area contributed by atoms with Gasteiger partial charge in [0, 0.05) is 12.8 Å². The molecule has 23 heavy (non-hydrogen) atoms. The van der Waals surface area contributed by atoms with Crippen LogP contribution < -0.4 is 0 Å². The van der Waals surface area contributed by atoms with E-state index in [0.29, 0.717) is 19.1 Å². The van der Waals surface area contributed by atoms with Crippen LogP contribution in [0.1, 0.15) is 19.8 Å². The minimum atomic E-state index is -1.47. The van der Waals surface area contributed by atoms with Gasteiger partial charge in [-0.05, 0) is 37.4 Å². The third-order valence-electron chi connectivity index (χ3n) is 3.13. The summed E-state index contributed by atoms with van der Waals surface area (Å²) in [5.74, 6) is 0.490. The number of thioether (sulfide) groups is 1. The van der Waals surface area contributed by atoms with Crippen molar-refractivity contribution in [1.82, 2.24) is 0 Å². The van der Waals surface area contributed by atoms with Crippen LogP contribution in [0.25, 0.3) is 0 Å². The smallest absolute Gasteiger partial charge is 0.316 e. The second kappa shape index (κ2) is 12.5. The van der Waals surface area contributed by atoms with Gasteiger partial charge >= 0.3 is 5.97 Å². The molecule has 0 amide bonds. The Morgan fingerprint density at radius 3 is 3.09 bits per heavy atom. The number of hydrogen-bond donors (Lipinski definition) is 1. The Hall–Kier alpha value is -0.893. The van der Waals surface area contributed by atoms with E-state index in [0.717, 1.165) is 23.9 Å². The molecule has 0 aliphatic carbocycles. The average Bonchev–Trinajstić information content (AvgIpc) is 2.49. The van der Waals surface area contributed by atoms with Crippen LogP contribution in [0.4, 0.5) is 0 Å². The lowest BCUT2D eigenvalue weighted by atomic mass is 10.1. The summed E-state index contributed by atoms with van der Waals surface area (Å²) in [5, 5.41) is 0.858. The molecule has 1 aliphatic heterocycles. The summed E-state index contributed by atoms with van der Waals surface area (Å²) in [7, 11) is -1.47. The molecule has 0 saturated carbocycles. The standard InChI is InChI=1S/C16H27NO4SSi/c1-14-5-3-8-17-15(7-6-14)22-13-16(18)21-11-10-20-9-4-12-23(2)19/h3,5,7-8,14,19,23H,4,6,9-13H2,1-2H3. The molecule has 2 atom stereocenters. The van der Waals surface area contributed by atoms with Gasteiger partial charge in [0.15, 0.2) is 9.04 Å². The quantitative estimate of drug-likeness (QED) is 0.370. The zero-order chi connectivity index (χ0) is 16.9. The highest BCUT2D eigenvalue weighted by atomic mass is 32.2.